The fraction of sp³-hybridized carbons (Fsp3) is 0.533. The Morgan fingerprint density at radius 3 is 2.84 bits per heavy atom. The summed E-state index contributed by atoms with van der Waals surface area (Å²) in [6.07, 6.45) is 1.65. The van der Waals surface area contributed by atoms with E-state index < -0.39 is 0 Å². The molecule has 1 fully saturated rings. The van der Waals surface area contributed by atoms with Crippen molar-refractivity contribution in [3.63, 3.8) is 0 Å². The molecule has 1 saturated heterocycles. The van der Waals surface area contributed by atoms with Gasteiger partial charge in [-0.15, -0.1) is 0 Å². The fourth-order valence-electron chi connectivity index (χ4n) is 2.29. The molecule has 104 valence electrons. The molecule has 4 nitrogen and oxygen atoms in total. The third-order valence-electron chi connectivity index (χ3n) is 3.52. The van der Waals surface area contributed by atoms with E-state index in [0.29, 0.717) is 13.2 Å². The summed E-state index contributed by atoms with van der Waals surface area (Å²) in [6, 6.07) is 9.83. The second kappa shape index (κ2) is 6.57. The predicted molar refractivity (Wildman–Crippen MR) is 74.9 cm³/mol. The monoisotopic (exact) mass is 262 g/mol. The highest BCUT2D eigenvalue weighted by Crippen LogP contribution is 2.15. The minimum Gasteiger partial charge on any atom is -0.494 e. The number of likely N-dealkylation sites (tertiary alicyclic amines) is 1. The number of nitrogens with two attached hydrogens (primary N) is 1. The van der Waals surface area contributed by atoms with E-state index in [-0.39, 0.29) is 17.9 Å². The lowest BCUT2D eigenvalue weighted by atomic mass is 10.1. The maximum atomic E-state index is 12.1. The summed E-state index contributed by atoms with van der Waals surface area (Å²) in [6.45, 7) is 4.02. The minimum atomic E-state index is -0.00554. The SMILES string of the molecule is CC(CCOc1ccccc1)C(=O)N1CC[C@@H](N)C1. The van der Waals surface area contributed by atoms with Crippen LogP contribution in [-0.2, 0) is 4.79 Å². The van der Waals surface area contributed by atoms with Crippen molar-refractivity contribution in [1.29, 1.82) is 0 Å². The molecule has 4 heteroatoms. The van der Waals surface area contributed by atoms with Crippen LogP contribution < -0.4 is 10.5 Å². The smallest absolute Gasteiger partial charge is 0.225 e. The molecular formula is C15H22N2O2. The second-order valence-electron chi connectivity index (χ2n) is 5.18. The molecule has 2 rings (SSSR count). The Kier molecular flexibility index (Phi) is 4.80. The van der Waals surface area contributed by atoms with Crippen molar-refractivity contribution in [2.24, 2.45) is 11.7 Å². The largest absolute Gasteiger partial charge is 0.494 e. The van der Waals surface area contributed by atoms with E-state index in [1.165, 1.54) is 0 Å². The molecule has 2 atom stereocenters. The summed E-state index contributed by atoms with van der Waals surface area (Å²) < 4.78 is 5.62. The zero-order valence-electron chi connectivity index (χ0n) is 11.4. The van der Waals surface area contributed by atoms with Crippen LogP contribution in [-0.4, -0.2) is 36.5 Å². The topological polar surface area (TPSA) is 55.6 Å². The summed E-state index contributed by atoms with van der Waals surface area (Å²) >= 11 is 0. The van der Waals surface area contributed by atoms with E-state index in [0.717, 1.165) is 25.1 Å². The molecule has 2 N–H and O–H groups in total. The quantitative estimate of drug-likeness (QED) is 0.878. The van der Waals surface area contributed by atoms with E-state index >= 15 is 0 Å². The van der Waals surface area contributed by atoms with E-state index in [1.54, 1.807) is 0 Å². The van der Waals surface area contributed by atoms with Crippen LogP contribution in [0.5, 0.6) is 5.75 Å². The number of rotatable bonds is 5. The lowest BCUT2D eigenvalue weighted by molar-refractivity contribution is -0.134. The van der Waals surface area contributed by atoms with E-state index in [4.69, 9.17) is 10.5 Å². The first-order valence-corrected chi connectivity index (χ1v) is 6.89. The first kappa shape index (κ1) is 13.9. The fourth-order valence-corrected chi connectivity index (χ4v) is 2.29. The van der Waals surface area contributed by atoms with Crippen LogP contribution in [0.25, 0.3) is 0 Å². The Balaban J connectivity index is 1.72. The van der Waals surface area contributed by atoms with Crippen LogP contribution >= 0.6 is 0 Å². The van der Waals surface area contributed by atoms with Crippen LogP contribution in [0, 0.1) is 5.92 Å². The van der Waals surface area contributed by atoms with Crippen molar-refractivity contribution in [3.8, 4) is 5.75 Å². The standard InChI is InChI=1S/C15H22N2O2/c1-12(15(18)17-9-7-13(16)11-17)8-10-19-14-5-3-2-4-6-14/h2-6,12-13H,7-11,16H2,1H3/t12?,13-/m1/s1. The Bertz CT molecular complexity index is 408. The van der Waals surface area contributed by atoms with Crippen molar-refractivity contribution in [1.82, 2.24) is 4.90 Å². The van der Waals surface area contributed by atoms with Crippen LogP contribution in [0.2, 0.25) is 0 Å². The van der Waals surface area contributed by atoms with E-state index in [1.807, 2.05) is 42.2 Å². The molecule has 1 aromatic rings. The molecule has 1 aromatic carbocycles. The number of hydrogen-bond acceptors (Lipinski definition) is 3. The van der Waals surface area contributed by atoms with Crippen molar-refractivity contribution in [2.75, 3.05) is 19.7 Å². The van der Waals surface area contributed by atoms with Gasteiger partial charge in [0.25, 0.3) is 0 Å². The van der Waals surface area contributed by atoms with Crippen LogP contribution in [0.3, 0.4) is 0 Å². The lowest BCUT2D eigenvalue weighted by Crippen LogP contribution is -2.35. The van der Waals surface area contributed by atoms with Gasteiger partial charge in [-0.3, -0.25) is 4.79 Å². The first-order valence-electron chi connectivity index (χ1n) is 6.89. The average molecular weight is 262 g/mol. The highest BCUT2D eigenvalue weighted by atomic mass is 16.5. The number of ether oxygens (including phenoxy) is 1. The summed E-state index contributed by atoms with van der Waals surface area (Å²) in [5.41, 5.74) is 5.82. The third-order valence-corrected chi connectivity index (χ3v) is 3.52. The first-order chi connectivity index (χ1) is 9.16. The minimum absolute atomic E-state index is 0.00554. The van der Waals surface area contributed by atoms with Gasteiger partial charge < -0.3 is 15.4 Å². The highest BCUT2D eigenvalue weighted by Gasteiger charge is 2.26. The van der Waals surface area contributed by atoms with Gasteiger partial charge in [-0.05, 0) is 25.0 Å². The van der Waals surface area contributed by atoms with Gasteiger partial charge in [-0.1, -0.05) is 25.1 Å². The summed E-state index contributed by atoms with van der Waals surface area (Å²) in [5, 5.41) is 0. The normalized spacial score (nSPS) is 20.3. The molecule has 1 aliphatic heterocycles. The third kappa shape index (κ3) is 3.96. The maximum Gasteiger partial charge on any atom is 0.225 e. The molecule has 1 unspecified atom stereocenters. The number of hydrogen-bond donors (Lipinski definition) is 1. The van der Waals surface area contributed by atoms with Gasteiger partial charge in [-0.25, -0.2) is 0 Å². The van der Waals surface area contributed by atoms with Crippen molar-refractivity contribution < 1.29 is 9.53 Å². The van der Waals surface area contributed by atoms with Crippen LogP contribution in [0.4, 0.5) is 0 Å². The molecule has 0 aliphatic carbocycles. The summed E-state index contributed by atoms with van der Waals surface area (Å²) in [7, 11) is 0. The molecule has 19 heavy (non-hydrogen) atoms. The lowest BCUT2D eigenvalue weighted by Gasteiger charge is -2.20. The molecule has 0 spiro atoms. The van der Waals surface area contributed by atoms with E-state index in [9.17, 15) is 4.79 Å². The number of carbonyl (C=O) groups excluding carboxylic acids is 1. The van der Waals surface area contributed by atoms with Gasteiger partial charge in [0.2, 0.25) is 5.91 Å². The molecule has 0 aromatic heterocycles. The number of benzene rings is 1. The van der Waals surface area contributed by atoms with Crippen molar-refractivity contribution in [2.45, 2.75) is 25.8 Å². The van der Waals surface area contributed by atoms with Crippen molar-refractivity contribution in [3.05, 3.63) is 30.3 Å². The van der Waals surface area contributed by atoms with Gasteiger partial charge in [0, 0.05) is 25.0 Å². The molecule has 0 bridgehead atoms. The molecule has 0 radical (unpaired) electrons. The molecular weight excluding hydrogens is 240 g/mol. The average Bonchev–Trinajstić information content (AvgIpc) is 2.85. The number of carbonyl (C=O) groups is 1. The van der Waals surface area contributed by atoms with Crippen LogP contribution in [0.15, 0.2) is 30.3 Å². The summed E-state index contributed by atoms with van der Waals surface area (Å²) in [4.78, 5) is 14.0. The zero-order valence-corrected chi connectivity index (χ0v) is 11.4. The van der Waals surface area contributed by atoms with Crippen molar-refractivity contribution >= 4 is 5.91 Å². The van der Waals surface area contributed by atoms with Gasteiger partial charge in [-0.2, -0.15) is 0 Å². The Morgan fingerprint density at radius 1 is 1.47 bits per heavy atom. The zero-order chi connectivity index (χ0) is 13.7. The Labute approximate surface area is 114 Å². The summed E-state index contributed by atoms with van der Waals surface area (Å²) in [5.74, 6) is 1.05. The van der Waals surface area contributed by atoms with Crippen LogP contribution in [0.1, 0.15) is 19.8 Å². The Hall–Kier alpha value is -1.55. The second-order valence-corrected chi connectivity index (χ2v) is 5.18. The molecule has 1 amide bonds. The Morgan fingerprint density at radius 2 is 2.21 bits per heavy atom. The number of nitrogens with zero attached hydrogens (tertiary/aromatic N) is 1. The van der Waals surface area contributed by atoms with Gasteiger partial charge in [0.05, 0.1) is 6.61 Å². The predicted octanol–water partition coefficient (Wildman–Crippen LogP) is 1.65. The molecule has 1 heterocycles. The molecule has 0 saturated carbocycles. The van der Waals surface area contributed by atoms with Gasteiger partial charge in [0.15, 0.2) is 0 Å². The highest BCUT2D eigenvalue weighted by molar-refractivity contribution is 5.78. The number of para-hydroxylation sites is 1. The van der Waals surface area contributed by atoms with E-state index in [2.05, 4.69) is 0 Å². The number of amides is 1. The van der Waals surface area contributed by atoms with Gasteiger partial charge in [0.1, 0.15) is 5.75 Å². The maximum absolute atomic E-state index is 12.1. The molecule has 1 aliphatic rings. The van der Waals surface area contributed by atoms with Gasteiger partial charge >= 0.3 is 0 Å².